The molecular weight excluding hydrogens is 250 g/mol. The first-order chi connectivity index (χ1) is 8.70. The number of hydrogen-bond acceptors (Lipinski definition) is 4. The molecule has 0 bridgehead atoms. The Balaban J connectivity index is 2.04. The molecule has 0 saturated heterocycles. The highest BCUT2D eigenvalue weighted by Crippen LogP contribution is 2.23. The quantitative estimate of drug-likeness (QED) is 0.637. The number of nitrogens with one attached hydrogen (secondary N) is 1. The number of nitrogens with zero attached hydrogens (tertiary/aromatic N) is 3. The first-order valence-corrected chi connectivity index (χ1v) is 6.12. The van der Waals surface area contributed by atoms with E-state index < -0.39 is 0 Å². The van der Waals surface area contributed by atoms with Gasteiger partial charge in [-0.15, -0.1) is 0 Å². The zero-order valence-corrected chi connectivity index (χ0v) is 10.9. The summed E-state index contributed by atoms with van der Waals surface area (Å²) in [7, 11) is 1.90. The molecule has 2 rings (SSSR count). The monoisotopic (exact) mass is 265 g/mol. The molecule has 0 radical (unpaired) electrons. The summed E-state index contributed by atoms with van der Waals surface area (Å²) in [6.07, 6.45) is 7.26. The van der Waals surface area contributed by atoms with E-state index >= 15 is 0 Å². The molecule has 3 N–H and O–H groups in total. The number of aromatic nitrogens is 3. The fourth-order valence-corrected chi connectivity index (χ4v) is 2.12. The largest absolute Gasteiger partial charge is 0.276 e. The summed E-state index contributed by atoms with van der Waals surface area (Å²) in [5, 5.41) is 4.77. The fourth-order valence-electron chi connectivity index (χ4n) is 1.87. The average molecular weight is 266 g/mol. The van der Waals surface area contributed by atoms with E-state index in [1.165, 1.54) is 5.56 Å². The fraction of sp³-hybridized carbons (Fsp3) is 0.333. The molecule has 5 nitrogen and oxygen atoms in total. The third kappa shape index (κ3) is 3.07. The van der Waals surface area contributed by atoms with Gasteiger partial charge in [0.15, 0.2) is 0 Å². The molecule has 96 valence electrons. The molecule has 1 unspecified atom stereocenters. The lowest BCUT2D eigenvalue weighted by Gasteiger charge is -2.15. The van der Waals surface area contributed by atoms with E-state index in [-0.39, 0.29) is 6.04 Å². The van der Waals surface area contributed by atoms with Crippen molar-refractivity contribution in [2.75, 3.05) is 0 Å². The van der Waals surface area contributed by atoms with Gasteiger partial charge in [-0.3, -0.25) is 20.9 Å². The van der Waals surface area contributed by atoms with Gasteiger partial charge in [0.2, 0.25) is 0 Å². The van der Waals surface area contributed by atoms with Crippen LogP contribution < -0.4 is 11.3 Å². The Labute approximate surface area is 111 Å². The topological polar surface area (TPSA) is 68.8 Å². The maximum atomic E-state index is 6.11. The molecule has 2 aromatic rings. The van der Waals surface area contributed by atoms with E-state index in [1.807, 2.05) is 25.5 Å². The molecule has 0 fully saturated rings. The van der Waals surface area contributed by atoms with Crippen LogP contribution in [-0.4, -0.2) is 14.8 Å². The van der Waals surface area contributed by atoms with Crippen LogP contribution in [0, 0.1) is 0 Å². The number of nitrogens with two attached hydrogens (primary N) is 1. The molecule has 0 saturated carbocycles. The second-order valence-electron chi connectivity index (χ2n) is 4.15. The van der Waals surface area contributed by atoms with Gasteiger partial charge in [0.1, 0.15) is 0 Å². The second-order valence-corrected chi connectivity index (χ2v) is 4.56. The summed E-state index contributed by atoms with van der Waals surface area (Å²) in [5.74, 6) is 5.57. The molecule has 0 aliphatic carbocycles. The first kappa shape index (κ1) is 13.0. The Bertz CT molecular complexity index is 511. The van der Waals surface area contributed by atoms with Crippen LogP contribution in [0.3, 0.4) is 0 Å². The van der Waals surface area contributed by atoms with Gasteiger partial charge in [0.05, 0.1) is 23.0 Å². The summed E-state index contributed by atoms with van der Waals surface area (Å²) in [6, 6.07) is 3.57. The van der Waals surface area contributed by atoms with E-state index in [1.54, 1.807) is 16.9 Å². The number of hydrogen-bond donors (Lipinski definition) is 2. The van der Waals surface area contributed by atoms with Gasteiger partial charge in [-0.25, -0.2) is 0 Å². The second kappa shape index (κ2) is 5.95. The maximum Gasteiger partial charge on any atom is 0.0772 e. The highest BCUT2D eigenvalue weighted by atomic mass is 35.5. The number of pyridine rings is 1. The van der Waals surface area contributed by atoms with Crippen molar-refractivity contribution in [2.45, 2.75) is 18.9 Å². The molecular formula is C12H16ClN5. The van der Waals surface area contributed by atoms with Crippen molar-refractivity contribution in [3.05, 3.63) is 47.0 Å². The van der Waals surface area contributed by atoms with Crippen molar-refractivity contribution in [2.24, 2.45) is 12.9 Å². The molecule has 6 heteroatoms. The van der Waals surface area contributed by atoms with Crippen LogP contribution in [0.1, 0.15) is 23.7 Å². The van der Waals surface area contributed by atoms with Crippen LogP contribution in [0.15, 0.2) is 30.7 Å². The van der Waals surface area contributed by atoms with Gasteiger partial charge in [-0.05, 0) is 30.5 Å². The number of rotatable bonds is 5. The van der Waals surface area contributed by atoms with Crippen molar-refractivity contribution in [1.29, 1.82) is 0 Å². The predicted molar refractivity (Wildman–Crippen MR) is 70.8 cm³/mol. The van der Waals surface area contributed by atoms with Gasteiger partial charge in [0.25, 0.3) is 0 Å². The van der Waals surface area contributed by atoms with Crippen molar-refractivity contribution in [3.63, 3.8) is 0 Å². The van der Waals surface area contributed by atoms with Crippen molar-refractivity contribution < 1.29 is 0 Å². The summed E-state index contributed by atoms with van der Waals surface area (Å²) < 4.78 is 1.79. The van der Waals surface area contributed by atoms with Crippen LogP contribution in [-0.2, 0) is 13.5 Å². The molecule has 0 amide bonds. The smallest absolute Gasteiger partial charge is 0.0772 e. The SMILES string of the molecule is Cn1cc(CCC(NN)c2ncccc2Cl)cn1. The molecule has 0 aliphatic rings. The van der Waals surface area contributed by atoms with Crippen molar-refractivity contribution in [1.82, 2.24) is 20.2 Å². The molecule has 0 aromatic carbocycles. The van der Waals surface area contributed by atoms with Crippen LogP contribution in [0.25, 0.3) is 0 Å². The molecule has 2 aromatic heterocycles. The third-order valence-electron chi connectivity index (χ3n) is 2.80. The van der Waals surface area contributed by atoms with Crippen LogP contribution in [0.2, 0.25) is 5.02 Å². The van der Waals surface area contributed by atoms with Gasteiger partial charge < -0.3 is 0 Å². The van der Waals surface area contributed by atoms with Crippen LogP contribution >= 0.6 is 11.6 Å². The Morgan fingerprint density at radius 3 is 3.00 bits per heavy atom. The zero-order valence-electron chi connectivity index (χ0n) is 10.2. The number of hydrazine groups is 1. The molecule has 18 heavy (non-hydrogen) atoms. The summed E-state index contributed by atoms with van der Waals surface area (Å²) in [6.45, 7) is 0. The molecule has 1 atom stereocenters. The maximum absolute atomic E-state index is 6.11. The van der Waals surface area contributed by atoms with E-state index in [2.05, 4.69) is 15.5 Å². The van der Waals surface area contributed by atoms with E-state index in [4.69, 9.17) is 17.4 Å². The van der Waals surface area contributed by atoms with E-state index in [9.17, 15) is 0 Å². The Morgan fingerprint density at radius 1 is 1.56 bits per heavy atom. The van der Waals surface area contributed by atoms with Crippen molar-refractivity contribution in [3.8, 4) is 0 Å². The average Bonchev–Trinajstić information content (AvgIpc) is 2.78. The molecule has 0 aliphatic heterocycles. The predicted octanol–water partition coefficient (Wildman–Crippen LogP) is 1.61. The molecule has 2 heterocycles. The summed E-state index contributed by atoms with van der Waals surface area (Å²) in [5.41, 5.74) is 4.72. The van der Waals surface area contributed by atoms with Crippen LogP contribution in [0.4, 0.5) is 0 Å². The molecule has 0 spiro atoms. The summed E-state index contributed by atoms with van der Waals surface area (Å²) in [4.78, 5) is 4.27. The van der Waals surface area contributed by atoms with E-state index in [0.29, 0.717) is 5.02 Å². The lowest BCUT2D eigenvalue weighted by molar-refractivity contribution is 0.504. The minimum absolute atomic E-state index is 0.0566. The Morgan fingerprint density at radius 2 is 2.39 bits per heavy atom. The van der Waals surface area contributed by atoms with E-state index in [0.717, 1.165) is 18.5 Å². The minimum atomic E-state index is -0.0566. The van der Waals surface area contributed by atoms with Crippen molar-refractivity contribution >= 4 is 11.6 Å². The highest BCUT2D eigenvalue weighted by molar-refractivity contribution is 6.31. The normalized spacial score (nSPS) is 12.6. The van der Waals surface area contributed by atoms with Gasteiger partial charge in [0, 0.05) is 19.4 Å². The lowest BCUT2D eigenvalue weighted by atomic mass is 10.1. The van der Waals surface area contributed by atoms with Gasteiger partial charge >= 0.3 is 0 Å². The minimum Gasteiger partial charge on any atom is -0.276 e. The zero-order chi connectivity index (χ0) is 13.0. The van der Waals surface area contributed by atoms with Gasteiger partial charge in [-0.1, -0.05) is 11.6 Å². The Hall–Kier alpha value is -1.43. The number of aryl methyl sites for hydroxylation is 2. The van der Waals surface area contributed by atoms with Gasteiger partial charge in [-0.2, -0.15) is 5.10 Å². The standard InChI is InChI=1S/C12H16ClN5/c1-18-8-9(7-16-18)4-5-11(17-14)12-10(13)3-2-6-15-12/h2-3,6-8,11,17H,4-5,14H2,1H3. The first-order valence-electron chi connectivity index (χ1n) is 5.74. The highest BCUT2D eigenvalue weighted by Gasteiger charge is 2.14. The lowest BCUT2D eigenvalue weighted by Crippen LogP contribution is -2.29. The summed E-state index contributed by atoms with van der Waals surface area (Å²) >= 11 is 6.11. The number of halogens is 1. The van der Waals surface area contributed by atoms with Crippen LogP contribution in [0.5, 0.6) is 0 Å². The Kier molecular flexibility index (Phi) is 4.30. The third-order valence-corrected chi connectivity index (χ3v) is 3.12.